The number of ether oxygens (including phenoxy) is 3. The number of nitrogens with one attached hydrogen (secondary N) is 1. The van der Waals surface area contributed by atoms with Crippen LogP contribution in [-0.2, 0) is 14.3 Å². The van der Waals surface area contributed by atoms with Gasteiger partial charge in [0.2, 0.25) is 11.8 Å². The Morgan fingerprint density at radius 3 is 2.68 bits per heavy atom. The van der Waals surface area contributed by atoms with E-state index >= 15 is 0 Å². The second-order valence-electron chi connectivity index (χ2n) is 7.28. The number of hydrogen-bond acceptors (Lipinski definition) is 5. The van der Waals surface area contributed by atoms with E-state index in [-0.39, 0.29) is 18.4 Å². The predicted octanol–water partition coefficient (Wildman–Crippen LogP) is 3.20. The van der Waals surface area contributed by atoms with Crippen molar-refractivity contribution in [2.45, 2.75) is 13.8 Å². The standard InChI is InChI=1S/C24H28N2O5/c1-17-5-4-6-20(18(17)2)25-23(27)16-26(11-12-29-3)24(28)10-8-19-7-9-21-22(15-19)31-14-13-30-21/h4-10,15H,11-14,16H2,1-3H3,(H,25,27). The van der Waals surface area contributed by atoms with Crippen molar-refractivity contribution in [3.05, 3.63) is 59.2 Å². The van der Waals surface area contributed by atoms with E-state index in [1.165, 1.54) is 11.0 Å². The highest BCUT2D eigenvalue weighted by Crippen LogP contribution is 2.31. The maximum Gasteiger partial charge on any atom is 0.247 e. The average molecular weight is 424 g/mol. The van der Waals surface area contributed by atoms with Gasteiger partial charge in [0.15, 0.2) is 11.5 Å². The minimum Gasteiger partial charge on any atom is -0.486 e. The summed E-state index contributed by atoms with van der Waals surface area (Å²) in [6.07, 6.45) is 3.15. The summed E-state index contributed by atoms with van der Waals surface area (Å²) in [4.78, 5) is 26.8. The van der Waals surface area contributed by atoms with Crippen LogP contribution in [0.4, 0.5) is 5.69 Å². The van der Waals surface area contributed by atoms with Gasteiger partial charge in [-0.25, -0.2) is 0 Å². The molecule has 0 spiro atoms. The minimum atomic E-state index is -0.275. The lowest BCUT2D eigenvalue weighted by atomic mass is 10.1. The molecule has 0 saturated heterocycles. The lowest BCUT2D eigenvalue weighted by Crippen LogP contribution is -2.39. The number of carbonyl (C=O) groups is 2. The second-order valence-corrected chi connectivity index (χ2v) is 7.28. The van der Waals surface area contributed by atoms with Crippen LogP contribution in [0.25, 0.3) is 6.08 Å². The van der Waals surface area contributed by atoms with Crippen LogP contribution in [0.15, 0.2) is 42.5 Å². The first-order chi connectivity index (χ1) is 15.0. The van der Waals surface area contributed by atoms with Gasteiger partial charge in [-0.15, -0.1) is 0 Å². The molecule has 7 heteroatoms. The molecule has 31 heavy (non-hydrogen) atoms. The zero-order chi connectivity index (χ0) is 22.2. The topological polar surface area (TPSA) is 77.1 Å². The first kappa shape index (κ1) is 22.4. The third kappa shape index (κ3) is 6.08. The van der Waals surface area contributed by atoms with E-state index < -0.39 is 0 Å². The Hall–Kier alpha value is -3.32. The summed E-state index contributed by atoms with van der Waals surface area (Å²) >= 11 is 0. The van der Waals surface area contributed by atoms with Gasteiger partial charge >= 0.3 is 0 Å². The molecule has 0 aromatic heterocycles. The van der Waals surface area contributed by atoms with Gasteiger partial charge in [-0.1, -0.05) is 18.2 Å². The van der Waals surface area contributed by atoms with Gasteiger partial charge in [0.25, 0.3) is 0 Å². The van der Waals surface area contributed by atoms with E-state index in [4.69, 9.17) is 14.2 Å². The normalized spacial score (nSPS) is 12.6. The molecule has 7 nitrogen and oxygen atoms in total. The lowest BCUT2D eigenvalue weighted by molar-refractivity contribution is -0.131. The van der Waals surface area contributed by atoms with E-state index in [0.29, 0.717) is 37.9 Å². The van der Waals surface area contributed by atoms with Crippen LogP contribution in [-0.4, -0.2) is 56.7 Å². The van der Waals surface area contributed by atoms with E-state index in [1.54, 1.807) is 13.2 Å². The number of fused-ring (bicyclic) bond motifs is 1. The average Bonchev–Trinajstić information content (AvgIpc) is 2.78. The summed E-state index contributed by atoms with van der Waals surface area (Å²) in [6.45, 7) is 5.54. The molecule has 2 amide bonds. The first-order valence-corrected chi connectivity index (χ1v) is 10.2. The van der Waals surface area contributed by atoms with Crippen molar-refractivity contribution < 1.29 is 23.8 Å². The molecule has 0 aliphatic carbocycles. The number of aryl methyl sites for hydroxylation is 1. The Balaban J connectivity index is 1.66. The summed E-state index contributed by atoms with van der Waals surface area (Å²) in [6, 6.07) is 11.2. The van der Waals surface area contributed by atoms with Gasteiger partial charge in [-0.3, -0.25) is 9.59 Å². The number of anilines is 1. The fourth-order valence-electron chi connectivity index (χ4n) is 3.15. The van der Waals surface area contributed by atoms with Gasteiger partial charge in [-0.2, -0.15) is 0 Å². The molecule has 0 fully saturated rings. The molecule has 164 valence electrons. The number of hydrogen-bond donors (Lipinski definition) is 1. The Bertz CT molecular complexity index is 970. The Morgan fingerprint density at radius 1 is 1.13 bits per heavy atom. The molecule has 3 rings (SSSR count). The van der Waals surface area contributed by atoms with Crippen LogP contribution in [0.1, 0.15) is 16.7 Å². The van der Waals surface area contributed by atoms with Crippen molar-refractivity contribution in [2.24, 2.45) is 0 Å². The summed E-state index contributed by atoms with van der Waals surface area (Å²) in [5.41, 5.74) is 3.65. The molecule has 0 saturated carbocycles. The highest BCUT2D eigenvalue weighted by atomic mass is 16.6. The number of carbonyl (C=O) groups excluding carboxylic acids is 2. The van der Waals surface area contributed by atoms with Gasteiger partial charge in [0.1, 0.15) is 19.8 Å². The van der Waals surface area contributed by atoms with Gasteiger partial charge in [0.05, 0.1) is 6.61 Å². The zero-order valence-electron chi connectivity index (χ0n) is 18.1. The van der Waals surface area contributed by atoms with E-state index in [0.717, 1.165) is 22.4 Å². The van der Waals surface area contributed by atoms with Crippen molar-refractivity contribution in [3.8, 4) is 11.5 Å². The molecular weight excluding hydrogens is 396 g/mol. The first-order valence-electron chi connectivity index (χ1n) is 10.2. The molecule has 0 unspecified atom stereocenters. The summed E-state index contributed by atoms with van der Waals surface area (Å²) < 4.78 is 16.2. The molecule has 0 atom stereocenters. The Morgan fingerprint density at radius 2 is 1.90 bits per heavy atom. The van der Waals surface area contributed by atoms with Gasteiger partial charge < -0.3 is 24.4 Å². The van der Waals surface area contributed by atoms with E-state index in [1.807, 2.05) is 50.2 Å². The molecule has 2 aromatic rings. The fraction of sp³-hybridized carbons (Fsp3) is 0.333. The molecular formula is C24H28N2O5. The quantitative estimate of drug-likeness (QED) is 0.659. The molecule has 1 N–H and O–H groups in total. The van der Waals surface area contributed by atoms with Crippen LogP contribution in [0.2, 0.25) is 0 Å². The molecule has 0 bridgehead atoms. The van der Waals surface area contributed by atoms with E-state index in [2.05, 4.69) is 5.32 Å². The third-order valence-electron chi connectivity index (χ3n) is 5.07. The monoisotopic (exact) mass is 424 g/mol. The van der Waals surface area contributed by atoms with E-state index in [9.17, 15) is 9.59 Å². The number of benzene rings is 2. The highest BCUT2D eigenvalue weighted by molar-refractivity contribution is 5.98. The Labute approximate surface area is 182 Å². The molecule has 1 aliphatic heterocycles. The number of rotatable bonds is 8. The van der Waals surface area contributed by atoms with Gasteiger partial charge in [0, 0.05) is 25.4 Å². The molecule has 1 aliphatic rings. The van der Waals surface area contributed by atoms with Crippen LogP contribution in [0.3, 0.4) is 0 Å². The minimum absolute atomic E-state index is 0.0684. The van der Waals surface area contributed by atoms with Crippen molar-refractivity contribution in [2.75, 3.05) is 45.3 Å². The van der Waals surface area contributed by atoms with Crippen molar-refractivity contribution in [1.29, 1.82) is 0 Å². The number of nitrogens with zero attached hydrogens (tertiary/aromatic N) is 1. The predicted molar refractivity (Wildman–Crippen MR) is 119 cm³/mol. The summed E-state index contributed by atoms with van der Waals surface area (Å²) in [5.74, 6) is 0.818. The summed E-state index contributed by atoms with van der Waals surface area (Å²) in [7, 11) is 1.56. The van der Waals surface area contributed by atoms with Crippen LogP contribution < -0.4 is 14.8 Å². The van der Waals surface area contributed by atoms with Crippen LogP contribution in [0, 0.1) is 13.8 Å². The van der Waals surface area contributed by atoms with Crippen molar-refractivity contribution >= 4 is 23.6 Å². The largest absolute Gasteiger partial charge is 0.486 e. The highest BCUT2D eigenvalue weighted by Gasteiger charge is 2.16. The molecule has 2 aromatic carbocycles. The molecule has 1 heterocycles. The van der Waals surface area contributed by atoms with Crippen LogP contribution >= 0.6 is 0 Å². The third-order valence-corrected chi connectivity index (χ3v) is 5.07. The maximum atomic E-state index is 12.8. The smallest absolute Gasteiger partial charge is 0.247 e. The van der Waals surface area contributed by atoms with Crippen LogP contribution in [0.5, 0.6) is 11.5 Å². The van der Waals surface area contributed by atoms with Gasteiger partial charge in [-0.05, 0) is 54.8 Å². The van der Waals surface area contributed by atoms with Crippen molar-refractivity contribution in [1.82, 2.24) is 4.90 Å². The zero-order valence-corrected chi connectivity index (χ0v) is 18.1. The lowest BCUT2D eigenvalue weighted by Gasteiger charge is -2.21. The summed E-state index contributed by atoms with van der Waals surface area (Å²) in [5, 5.41) is 2.89. The number of methoxy groups -OCH3 is 1. The second kappa shape index (κ2) is 10.6. The Kier molecular flexibility index (Phi) is 7.67. The SMILES string of the molecule is COCCN(CC(=O)Nc1cccc(C)c1C)C(=O)C=Cc1ccc2c(c1)OCCO2. The molecule has 0 radical (unpaired) electrons. The maximum absolute atomic E-state index is 12.8. The fourth-order valence-corrected chi connectivity index (χ4v) is 3.15. The van der Waals surface area contributed by atoms with Crippen molar-refractivity contribution in [3.63, 3.8) is 0 Å². The number of amides is 2.